The Bertz CT molecular complexity index is 509. The summed E-state index contributed by atoms with van der Waals surface area (Å²) in [5, 5.41) is 2.60. The van der Waals surface area contributed by atoms with E-state index in [2.05, 4.69) is 5.32 Å². The van der Waals surface area contributed by atoms with E-state index in [1.807, 2.05) is 18.7 Å². The summed E-state index contributed by atoms with van der Waals surface area (Å²) in [5.74, 6) is -0.491. The van der Waals surface area contributed by atoms with E-state index in [-0.39, 0.29) is 23.7 Å². The summed E-state index contributed by atoms with van der Waals surface area (Å²) in [6.07, 6.45) is -4.48. The fourth-order valence-electron chi connectivity index (χ4n) is 2.15. The van der Waals surface area contributed by atoms with Crippen molar-refractivity contribution in [3.63, 3.8) is 0 Å². The molecule has 0 saturated heterocycles. The fourth-order valence-corrected chi connectivity index (χ4v) is 2.15. The van der Waals surface area contributed by atoms with Crippen LogP contribution in [-0.2, 0) is 12.7 Å². The molecule has 1 aromatic carbocycles. The van der Waals surface area contributed by atoms with E-state index >= 15 is 0 Å². The lowest BCUT2D eigenvalue weighted by molar-refractivity contribution is -0.138. The normalized spacial score (nSPS) is 12.0. The van der Waals surface area contributed by atoms with Gasteiger partial charge in [0.1, 0.15) is 0 Å². The molecule has 0 aliphatic carbocycles. The number of hydrogen-bond donors (Lipinski definition) is 1. The van der Waals surface area contributed by atoms with Crippen LogP contribution >= 0.6 is 0 Å². The van der Waals surface area contributed by atoms with Crippen molar-refractivity contribution in [3.05, 3.63) is 34.9 Å². The molecule has 0 aliphatic heterocycles. The Kier molecular flexibility index (Phi) is 6.41. The summed E-state index contributed by atoms with van der Waals surface area (Å²) in [6.45, 7) is 8.89. The molecule has 0 atom stereocenters. The largest absolute Gasteiger partial charge is 0.416 e. The lowest BCUT2D eigenvalue weighted by Gasteiger charge is -2.21. The maximum absolute atomic E-state index is 13.3. The Morgan fingerprint density at radius 2 is 1.82 bits per heavy atom. The Hall–Kier alpha value is -1.56. The van der Waals surface area contributed by atoms with Gasteiger partial charge in [-0.3, -0.25) is 9.69 Å². The first kappa shape index (κ1) is 18.5. The minimum atomic E-state index is -4.48. The summed E-state index contributed by atoms with van der Waals surface area (Å²) in [4.78, 5) is 13.8. The number of nitrogens with zero attached hydrogens (tertiary/aromatic N) is 1. The first-order valence-corrected chi connectivity index (χ1v) is 7.42. The number of alkyl halides is 3. The van der Waals surface area contributed by atoms with Crippen LogP contribution in [0.25, 0.3) is 0 Å². The van der Waals surface area contributed by atoms with E-state index in [0.717, 1.165) is 6.07 Å². The lowest BCUT2D eigenvalue weighted by atomic mass is 10.0. The topological polar surface area (TPSA) is 32.3 Å². The highest BCUT2D eigenvalue weighted by atomic mass is 19.4. The van der Waals surface area contributed by atoms with Gasteiger partial charge in [0, 0.05) is 18.2 Å². The van der Waals surface area contributed by atoms with Crippen LogP contribution < -0.4 is 5.32 Å². The van der Waals surface area contributed by atoms with Gasteiger partial charge in [-0.05, 0) is 44.6 Å². The van der Waals surface area contributed by atoms with Gasteiger partial charge in [-0.1, -0.05) is 19.9 Å². The van der Waals surface area contributed by atoms with Gasteiger partial charge >= 0.3 is 6.18 Å². The molecule has 6 heteroatoms. The maximum atomic E-state index is 13.3. The predicted molar refractivity (Wildman–Crippen MR) is 80.7 cm³/mol. The predicted octanol–water partition coefficient (Wildman–Crippen LogP) is 3.69. The molecule has 0 aromatic heterocycles. The van der Waals surface area contributed by atoms with Gasteiger partial charge in [0.05, 0.1) is 5.56 Å². The summed E-state index contributed by atoms with van der Waals surface area (Å²) in [6, 6.07) is 3.66. The third-order valence-electron chi connectivity index (χ3n) is 3.39. The van der Waals surface area contributed by atoms with Crippen molar-refractivity contribution in [3.8, 4) is 0 Å². The van der Waals surface area contributed by atoms with E-state index in [4.69, 9.17) is 0 Å². The zero-order valence-corrected chi connectivity index (χ0v) is 13.4. The second-order valence-electron chi connectivity index (χ2n) is 5.46. The maximum Gasteiger partial charge on any atom is 0.416 e. The zero-order chi connectivity index (χ0) is 16.9. The van der Waals surface area contributed by atoms with Crippen molar-refractivity contribution in [2.24, 2.45) is 0 Å². The Labute approximate surface area is 129 Å². The molecule has 3 nitrogen and oxygen atoms in total. The van der Waals surface area contributed by atoms with Gasteiger partial charge in [-0.15, -0.1) is 0 Å². The van der Waals surface area contributed by atoms with Crippen LogP contribution in [0.1, 0.15) is 49.2 Å². The third-order valence-corrected chi connectivity index (χ3v) is 3.39. The molecule has 124 valence electrons. The lowest BCUT2D eigenvalue weighted by Crippen LogP contribution is -2.30. The number of rotatable bonds is 6. The molecule has 22 heavy (non-hydrogen) atoms. The Morgan fingerprint density at radius 3 is 2.27 bits per heavy atom. The van der Waals surface area contributed by atoms with Crippen molar-refractivity contribution in [2.45, 2.75) is 46.5 Å². The Balaban J connectivity index is 3.17. The molecule has 0 unspecified atom stereocenters. The number of amides is 1. The highest BCUT2D eigenvalue weighted by molar-refractivity contribution is 5.94. The average Bonchev–Trinajstić information content (AvgIpc) is 2.42. The highest BCUT2D eigenvalue weighted by Crippen LogP contribution is 2.33. The van der Waals surface area contributed by atoms with Crippen molar-refractivity contribution in [1.29, 1.82) is 0 Å². The number of carbonyl (C=O) groups excluding carboxylic acids is 1. The van der Waals surface area contributed by atoms with Crippen LogP contribution in [-0.4, -0.2) is 29.9 Å². The SMILES string of the molecule is CCN(CC)Cc1ccc(C(=O)NC(C)C)cc1C(F)(F)F. The molecule has 1 aromatic rings. The van der Waals surface area contributed by atoms with Gasteiger partial charge in [0.25, 0.3) is 5.91 Å². The van der Waals surface area contributed by atoms with Crippen molar-refractivity contribution >= 4 is 5.91 Å². The average molecular weight is 316 g/mol. The second-order valence-corrected chi connectivity index (χ2v) is 5.46. The van der Waals surface area contributed by atoms with Crippen LogP contribution in [0.3, 0.4) is 0 Å². The van der Waals surface area contributed by atoms with E-state index in [9.17, 15) is 18.0 Å². The molecule has 0 aliphatic rings. The standard InChI is InChI=1S/C16H23F3N2O/c1-5-21(6-2)10-13-8-7-12(15(22)20-11(3)4)9-14(13)16(17,18)19/h7-9,11H,5-6,10H2,1-4H3,(H,20,22). The Morgan fingerprint density at radius 1 is 1.23 bits per heavy atom. The molecule has 1 amide bonds. The van der Waals surface area contributed by atoms with Crippen LogP contribution in [0.5, 0.6) is 0 Å². The first-order chi connectivity index (χ1) is 10.2. The van der Waals surface area contributed by atoms with Gasteiger partial charge in [0.2, 0.25) is 0 Å². The zero-order valence-electron chi connectivity index (χ0n) is 13.4. The van der Waals surface area contributed by atoms with Gasteiger partial charge in [0.15, 0.2) is 0 Å². The molecule has 0 fully saturated rings. The first-order valence-electron chi connectivity index (χ1n) is 7.42. The molecule has 1 N–H and O–H groups in total. The minimum absolute atomic E-state index is 0.0318. The van der Waals surface area contributed by atoms with Crippen LogP contribution in [0, 0.1) is 0 Å². The summed E-state index contributed by atoms with van der Waals surface area (Å²) >= 11 is 0. The van der Waals surface area contributed by atoms with Gasteiger partial charge < -0.3 is 5.32 Å². The number of halogens is 3. The number of nitrogens with one attached hydrogen (secondary N) is 1. The summed E-state index contributed by atoms with van der Waals surface area (Å²) in [7, 11) is 0. The number of benzene rings is 1. The quantitative estimate of drug-likeness (QED) is 0.868. The van der Waals surface area contributed by atoms with Gasteiger partial charge in [-0.2, -0.15) is 13.2 Å². The molecule has 0 saturated carbocycles. The second kappa shape index (κ2) is 7.63. The summed E-state index contributed by atoms with van der Waals surface area (Å²) in [5.41, 5.74) is -0.516. The van der Waals surface area contributed by atoms with Crippen molar-refractivity contribution in [1.82, 2.24) is 10.2 Å². The van der Waals surface area contributed by atoms with E-state index in [1.165, 1.54) is 12.1 Å². The molecule has 0 radical (unpaired) electrons. The van der Waals surface area contributed by atoms with Crippen molar-refractivity contribution in [2.75, 3.05) is 13.1 Å². The van der Waals surface area contributed by atoms with E-state index in [0.29, 0.717) is 13.1 Å². The summed E-state index contributed by atoms with van der Waals surface area (Å²) < 4.78 is 39.8. The van der Waals surface area contributed by atoms with E-state index < -0.39 is 17.6 Å². The molecule has 0 bridgehead atoms. The minimum Gasteiger partial charge on any atom is -0.350 e. The fraction of sp³-hybridized carbons (Fsp3) is 0.562. The number of hydrogen-bond acceptors (Lipinski definition) is 2. The van der Waals surface area contributed by atoms with Crippen LogP contribution in [0.15, 0.2) is 18.2 Å². The molecule has 0 heterocycles. The monoisotopic (exact) mass is 316 g/mol. The van der Waals surface area contributed by atoms with Gasteiger partial charge in [-0.25, -0.2) is 0 Å². The molecule has 1 rings (SSSR count). The molecular weight excluding hydrogens is 293 g/mol. The highest BCUT2D eigenvalue weighted by Gasteiger charge is 2.34. The third kappa shape index (κ3) is 5.02. The number of carbonyl (C=O) groups is 1. The molecular formula is C16H23F3N2O. The van der Waals surface area contributed by atoms with Crippen LogP contribution in [0.4, 0.5) is 13.2 Å². The van der Waals surface area contributed by atoms with E-state index in [1.54, 1.807) is 13.8 Å². The van der Waals surface area contributed by atoms with Crippen molar-refractivity contribution < 1.29 is 18.0 Å². The smallest absolute Gasteiger partial charge is 0.350 e. The van der Waals surface area contributed by atoms with Crippen LogP contribution in [0.2, 0.25) is 0 Å². The molecule has 0 spiro atoms.